The van der Waals surface area contributed by atoms with Crippen molar-refractivity contribution in [1.82, 2.24) is 10.3 Å². The molecule has 1 atom stereocenters. The minimum atomic E-state index is -4.71. The molecule has 0 radical (unpaired) electrons. The SMILES string of the molecule is CC.CC.CC(C)C.Cc1ccc(C(C)(NCC(N)=O)c2cc(F)cc(C(F)(F)F)c2)nc1. The van der Waals surface area contributed by atoms with Gasteiger partial charge in [-0.2, -0.15) is 13.2 Å². The molecule has 4 nitrogen and oxygen atoms in total. The number of hydrogen-bond donors (Lipinski definition) is 2. The number of amides is 1. The Balaban J connectivity index is 0. The fourth-order valence-electron chi connectivity index (χ4n) is 2.41. The minimum absolute atomic E-state index is 0.0163. The summed E-state index contributed by atoms with van der Waals surface area (Å²) < 4.78 is 52.9. The predicted octanol–water partition coefficient (Wildman–Crippen LogP) is 6.60. The van der Waals surface area contributed by atoms with Crippen LogP contribution in [-0.2, 0) is 16.5 Å². The number of carbonyl (C=O) groups excluding carboxylic acids is 1. The third-order valence-corrected chi connectivity index (χ3v) is 3.84. The summed E-state index contributed by atoms with van der Waals surface area (Å²) in [5.41, 5.74) is 3.83. The number of primary amides is 1. The fourth-order valence-corrected chi connectivity index (χ4v) is 2.41. The number of pyridine rings is 1. The van der Waals surface area contributed by atoms with Gasteiger partial charge in [0.05, 0.1) is 23.3 Å². The highest BCUT2D eigenvalue weighted by molar-refractivity contribution is 5.76. The number of benzene rings is 1. The fraction of sp³-hybridized carbons (Fsp3) is 0.520. The predicted molar refractivity (Wildman–Crippen MR) is 127 cm³/mol. The highest BCUT2D eigenvalue weighted by Crippen LogP contribution is 2.35. The van der Waals surface area contributed by atoms with E-state index in [2.05, 4.69) is 31.1 Å². The molecule has 33 heavy (non-hydrogen) atoms. The number of halogens is 4. The van der Waals surface area contributed by atoms with Crippen LogP contribution in [0.4, 0.5) is 17.6 Å². The average Bonchev–Trinajstić information content (AvgIpc) is 2.74. The van der Waals surface area contributed by atoms with Gasteiger partial charge in [0, 0.05) is 6.20 Å². The molecule has 188 valence electrons. The van der Waals surface area contributed by atoms with E-state index < -0.39 is 29.0 Å². The van der Waals surface area contributed by atoms with Gasteiger partial charge in [0.25, 0.3) is 0 Å². The molecule has 3 N–H and O–H groups in total. The zero-order valence-corrected chi connectivity index (χ0v) is 21.2. The summed E-state index contributed by atoms with van der Waals surface area (Å²) in [5.74, 6) is -0.908. The maximum Gasteiger partial charge on any atom is 0.416 e. The van der Waals surface area contributed by atoms with Gasteiger partial charge in [0.2, 0.25) is 5.91 Å². The number of carbonyl (C=O) groups is 1. The summed E-state index contributed by atoms with van der Waals surface area (Å²) in [6.07, 6.45) is -3.17. The number of nitrogens with two attached hydrogens (primary N) is 1. The number of nitrogens with zero attached hydrogens (tertiary/aromatic N) is 1. The van der Waals surface area contributed by atoms with Crippen molar-refractivity contribution in [2.45, 2.75) is 74.0 Å². The lowest BCUT2D eigenvalue weighted by molar-refractivity contribution is -0.137. The van der Waals surface area contributed by atoms with Gasteiger partial charge >= 0.3 is 6.18 Å². The Bertz CT molecular complexity index is 819. The highest BCUT2D eigenvalue weighted by atomic mass is 19.4. The molecule has 1 aromatic carbocycles. The van der Waals surface area contributed by atoms with Crippen LogP contribution in [0.3, 0.4) is 0 Å². The Morgan fingerprint density at radius 1 is 1.03 bits per heavy atom. The molecule has 0 saturated carbocycles. The van der Waals surface area contributed by atoms with Crippen LogP contribution in [0.5, 0.6) is 0 Å². The van der Waals surface area contributed by atoms with Gasteiger partial charge in [-0.05, 0) is 55.2 Å². The standard InChI is InChI=1S/C17H17F4N3O.C4H10.2C2H6/c1-10-3-4-14(23-8-10)16(2,24-9-15(22)25)11-5-12(17(19,20)21)7-13(18)6-11;1-4(2)3;2*1-2/h3-8,24H,9H2,1-2H3,(H2,22,25);4H,1-3H3;2*1-2H3. The molecule has 0 aliphatic heterocycles. The van der Waals surface area contributed by atoms with E-state index in [-0.39, 0.29) is 12.1 Å². The summed E-state index contributed by atoms with van der Waals surface area (Å²) in [5, 5.41) is 2.78. The van der Waals surface area contributed by atoms with Crippen molar-refractivity contribution >= 4 is 5.91 Å². The van der Waals surface area contributed by atoms with E-state index in [1.54, 1.807) is 19.1 Å². The van der Waals surface area contributed by atoms with E-state index in [4.69, 9.17) is 5.73 Å². The van der Waals surface area contributed by atoms with Crippen molar-refractivity contribution in [2.75, 3.05) is 6.54 Å². The molecule has 1 unspecified atom stereocenters. The van der Waals surface area contributed by atoms with Crippen LogP contribution < -0.4 is 11.1 Å². The van der Waals surface area contributed by atoms with E-state index >= 15 is 0 Å². The summed E-state index contributed by atoms with van der Waals surface area (Å²) in [4.78, 5) is 15.3. The monoisotopic (exact) mass is 473 g/mol. The molecule has 2 rings (SSSR count). The van der Waals surface area contributed by atoms with Crippen LogP contribution in [-0.4, -0.2) is 17.4 Å². The van der Waals surface area contributed by atoms with Gasteiger partial charge in [-0.3, -0.25) is 15.1 Å². The first-order valence-electron chi connectivity index (χ1n) is 11.1. The van der Waals surface area contributed by atoms with E-state index in [0.29, 0.717) is 11.8 Å². The first kappa shape index (κ1) is 32.7. The zero-order valence-electron chi connectivity index (χ0n) is 21.2. The smallest absolute Gasteiger partial charge is 0.369 e. The number of nitrogens with one attached hydrogen (secondary N) is 1. The summed E-state index contributed by atoms with van der Waals surface area (Å²) >= 11 is 0. The number of rotatable bonds is 5. The number of alkyl halides is 3. The number of aryl methyl sites for hydroxylation is 1. The Morgan fingerprint density at radius 2 is 1.52 bits per heavy atom. The second-order valence-electron chi connectivity index (χ2n) is 7.62. The highest BCUT2D eigenvalue weighted by Gasteiger charge is 2.36. The van der Waals surface area contributed by atoms with Gasteiger partial charge in [0.15, 0.2) is 0 Å². The lowest BCUT2D eigenvalue weighted by Crippen LogP contribution is -2.45. The second kappa shape index (κ2) is 15.4. The Morgan fingerprint density at radius 3 is 1.91 bits per heavy atom. The van der Waals surface area contributed by atoms with Crippen LogP contribution in [0.25, 0.3) is 0 Å². The van der Waals surface area contributed by atoms with E-state index in [0.717, 1.165) is 23.6 Å². The Hall–Kier alpha value is -2.48. The summed E-state index contributed by atoms with van der Waals surface area (Å²) in [6.45, 7) is 17.5. The van der Waals surface area contributed by atoms with E-state index in [1.807, 2.05) is 27.7 Å². The van der Waals surface area contributed by atoms with Gasteiger partial charge in [-0.15, -0.1) is 0 Å². The van der Waals surface area contributed by atoms with Crippen LogP contribution in [0.1, 0.15) is 77.8 Å². The van der Waals surface area contributed by atoms with Crippen molar-refractivity contribution < 1.29 is 22.4 Å². The van der Waals surface area contributed by atoms with Crippen molar-refractivity contribution in [3.63, 3.8) is 0 Å². The third kappa shape index (κ3) is 11.8. The summed E-state index contributed by atoms with van der Waals surface area (Å²) in [6, 6.07) is 5.54. The van der Waals surface area contributed by atoms with Crippen LogP contribution in [0.15, 0.2) is 36.5 Å². The molecule has 1 amide bonds. The maximum atomic E-state index is 13.8. The topological polar surface area (TPSA) is 68.0 Å². The minimum Gasteiger partial charge on any atom is -0.369 e. The van der Waals surface area contributed by atoms with Crippen LogP contribution in [0, 0.1) is 18.7 Å². The first-order chi connectivity index (χ1) is 15.3. The largest absolute Gasteiger partial charge is 0.416 e. The molecule has 0 saturated heterocycles. The normalized spacial score (nSPS) is 12.2. The lowest BCUT2D eigenvalue weighted by atomic mass is 9.86. The van der Waals surface area contributed by atoms with Crippen LogP contribution >= 0.6 is 0 Å². The Kier molecular flexibility index (Phi) is 15.2. The number of hydrogen-bond acceptors (Lipinski definition) is 3. The van der Waals surface area contributed by atoms with Crippen molar-refractivity contribution in [3.8, 4) is 0 Å². The van der Waals surface area contributed by atoms with Gasteiger partial charge in [-0.1, -0.05) is 54.5 Å². The van der Waals surface area contributed by atoms with Gasteiger partial charge in [0.1, 0.15) is 5.82 Å². The first-order valence-corrected chi connectivity index (χ1v) is 11.1. The second-order valence-corrected chi connectivity index (χ2v) is 7.62. The van der Waals surface area contributed by atoms with E-state index in [1.165, 1.54) is 13.1 Å². The molecular weight excluding hydrogens is 434 g/mol. The lowest BCUT2D eigenvalue weighted by Gasteiger charge is -2.31. The van der Waals surface area contributed by atoms with E-state index in [9.17, 15) is 22.4 Å². The van der Waals surface area contributed by atoms with Crippen molar-refractivity contribution in [2.24, 2.45) is 11.7 Å². The molecule has 0 fully saturated rings. The molecule has 0 spiro atoms. The zero-order chi connectivity index (χ0) is 26.4. The maximum absolute atomic E-state index is 13.8. The average molecular weight is 474 g/mol. The molecular formula is C25H39F4N3O. The Labute approximate surface area is 196 Å². The molecule has 0 bridgehead atoms. The molecule has 1 heterocycles. The van der Waals surface area contributed by atoms with Gasteiger partial charge in [-0.25, -0.2) is 4.39 Å². The molecule has 0 aliphatic carbocycles. The third-order valence-electron chi connectivity index (χ3n) is 3.84. The quantitative estimate of drug-likeness (QED) is 0.481. The molecule has 0 aliphatic rings. The molecule has 8 heteroatoms. The number of aromatic nitrogens is 1. The van der Waals surface area contributed by atoms with Gasteiger partial charge < -0.3 is 5.73 Å². The van der Waals surface area contributed by atoms with Crippen molar-refractivity contribution in [3.05, 3.63) is 64.7 Å². The summed E-state index contributed by atoms with van der Waals surface area (Å²) in [7, 11) is 0. The molecule has 1 aromatic heterocycles. The van der Waals surface area contributed by atoms with Crippen molar-refractivity contribution in [1.29, 1.82) is 0 Å². The molecule has 2 aromatic rings. The van der Waals surface area contributed by atoms with Crippen LogP contribution in [0.2, 0.25) is 0 Å².